The van der Waals surface area contributed by atoms with Gasteiger partial charge in [-0.2, -0.15) is 0 Å². The molecule has 0 radical (unpaired) electrons. The summed E-state index contributed by atoms with van der Waals surface area (Å²) in [4.78, 5) is 19.3. The van der Waals surface area contributed by atoms with Gasteiger partial charge >= 0.3 is 0 Å². The third-order valence-electron chi connectivity index (χ3n) is 4.28. The first-order chi connectivity index (χ1) is 14.1. The molecule has 29 heavy (non-hydrogen) atoms. The zero-order chi connectivity index (χ0) is 20.6. The number of methoxy groups -OCH3 is 1. The van der Waals surface area contributed by atoms with Crippen molar-refractivity contribution in [2.75, 3.05) is 7.11 Å². The Labute approximate surface area is 168 Å². The number of pyridine rings is 1. The minimum atomic E-state index is -0.444. The van der Waals surface area contributed by atoms with Gasteiger partial charge < -0.3 is 10.5 Å². The summed E-state index contributed by atoms with van der Waals surface area (Å²) in [6, 6.07) is 16.1. The summed E-state index contributed by atoms with van der Waals surface area (Å²) in [5.41, 5.74) is 9.37. The van der Waals surface area contributed by atoms with Crippen LogP contribution >= 0.6 is 0 Å². The lowest BCUT2D eigenvalue weighted by molar-refractivity contribution is -0.385. The van der Waals surface area contributed by atoms with E-state index in [0.29, 0.717) is 12.1 Å². The van der Waals surface area contributed by atoms with Gasteiger partial charge in [-0.3, -0.25) is 20.1 Å². The molecule has 2 N–H and O–H groups in total. The van der Waals surface area contributed by atoms with E-state index in [1.54, 1.807) is 43.9 Å². The number of nitro benzene ring substituents is 1. The second-order valence-corrected chi connectivity index (χ2v) is 6.19. The van der Waals surface area contributed by atoms with Gasteiger partial charge in [0.25, 0.3) is 5.69 Å². The Morgan fingerprint density at radius 1 is 1.21 bits per heavy atom. The number of hydrogen-bond donors (Lipinski definition) is 1. The molecule has 0 saturated heterocycles. The van der Waals surface area contributed by atoms with Crippen LogP contribution in [0.15, 0.2) is 78.1 Å². The first-order valence-corrected chi connectivity index (χ1v) is 8.86. The number of nitro groups is 1. The van der Waals surface area contributed by atoms with Crippen LogP contribution < -0.4 is 10.5 Å². The average molecular weight is 388 g/mol. The number of benzene rings is 2. The van der Waals surface area contributed by atoms with Gasteiger partial charge in [-0.25, -0.2) is 0 Å². The molecule has 0 aliphatic heterocycles. The minimum absolute atomic E-state index is 0.0586. The van der Waals surface area contributed by atoms with Crippen molar-refractivity contribution in [1.29, 1.82) is 0 Å². The Bertz CT molecular complexity index is 1050. The molecule has 0 saturated carbocycles. The van der Waals surface area contributed by atoms with Crippen LogP contribution in [0.3, 0.4) is 0 Å². The van der Waals surface area contributed by atoms with Crippen molar-refractivity contribution >= 4 is 17.6 Å². The Morgan fingerprint density at radius 2 is 1.97 bits per heavy atom. The van der Waals surface area contributed by atoms with E-state index in [9.17, 15) is 10.1 Å². The normalized spacial score (nSPS) is 11.6. The van der Waals surface area contributed by atoms with E-state index < -0.39 is 4.92 Å². The van der Waals surface area contributed by atoms with Gasteiger partial charge in [-0.15, -0.1) is 0 Å². The molecule has 0 aliphatic carbocycles. The van der Waals surface area contributed by atoms with E-state index >= 15 is 0 Å². The third-order valence-corrected chi connectivity index (χ3v) is 4.28. The van der Waals surface area contributed by atoms with Gasteiger partial charge in [-0.1, -0.05) is 18.2 Å². The summed E-state index contributed by atoms with van der Waals surface area (Å²) < 4.78 is 5.17. The average Bonchev–Trinajstić information content (AvgIpc) is 2.77. The zero-order valence-electron chi connectivity index (χ0n) is 15.9. The van der Waals surface area contributed by atoms with Crippen molar-refractivity contribution < 1.29 is 9.66 Å². The molecule has 7 nitrogen and oxygen atoms in total. The molecule has 1 heterocycles. The maximum Gasteiger partial charge on any atom is 0.278 e. The molecule has 0 spiro atoms. The number of allylic oxidation sites excluding steroid dienone is 1. The highest BCUT2D eigenvalue weighted by molar-refractivity contribution is 5.87. The Balaban J connectivity index is 1.87. The predicted octanol–water partition coefficient (Wildman–Crippen LogP) is 4.24. The van der Waals surface area contributed by atoms with Crippen molar-refractivity contribution in [1.82, 2.24) is 4.98 Å². The molecule has 3 aromatic rings. The Morgan fingerprint density at radius 3 is 2.62 bits per heavy atom. The lowest BCUT2D eigenvalue weighted by atomic mass is 10.00. The van der Waals surface area contributed by atoms with Gasteiger partial charge in [0.1, 0.15) is 5.75 Å². The molecule has 0 unspecified atom stereocenters. The predicted molar refractivity (Wildman–Crippen MR) is 114 cm³/mol. The number of nitrogens with zero attached hydrogens (tertiary/aromatic N) is 3. The standard InChI is InChI=1S/C22H20N4O3/c1-29-19-7-4-17(5-8-19)18-6-9-22(26(27)28)20(13-18)21(23)10-12-25-15-16-3-2-11-24-14-16/h2-14H,15,23H2,1H3/b21-10-,25-12?. The summed E-state index contributed by atoms with van der Waals surface area (Å²) in [7, 11) is 1.60. The first-order valence-electron chi connectivity index (χ1n) is 8.86. The quantitative estimate of drug-likeness (QED) is 0.370. The monoisotopic (exact) mass is 388 g/mol. The number of rotatable bonds is 7. The van der Waals surface area contributed by atoms with E-state index in [4.69, 9.17) is 10.5 Å². The van der Waals surface area contributed by atoms with E-state index in [0.717, 1.165) is 22.4 Å². The number of ether oxygens (including phenoxy) is 1. The van der Waals surface area contributed by atoms with Gasteiger partial charge in [0, 0.05) is 30.4 Å². The van der Waals surface area contributed by atoms with Crippen LogP contribution in [0.4, 0.5) is 5.69 Å². The van der Waals surface area contributed by atoms with Crippen molar-refractivity contribution in [3.8, 4) is 16.9 Å². The fraction of sp³-hybridized carbons (Fsp3) is 0.0909. The Hall–Kier alpha value is -4.00. The van der Waals surface area contributed by atoms with E-state index in [1.807, 2.05) is 36.4 Å². The van der Waals surface area contributed by atoms with E-state index in [-0.39, 0.29) is 11.4 Å². The first kappa shape index (κ1) is 19.8. The third kappa shape index (κ3) is 5.04. The molecule has 0 amide bonds. The largest absolute Gasteiger partial charge is 0.497 e. The van der Waals surface area contributed by atoms with Crippen LogP contribution in [0.1, 0.15) is 11.1 Å². The van der Waals surface area contributed by atoms with Crippen molar-refractivity contribution in [3.05, 3.63) is 94.3 Å². The molecular weight excluding hydrogens is 368 g/mol. The highest BCUT2D eigenvalue weighted by atomic mass is 16.6. The summed E-state index contributed by atoms with van der Waals surface area (Å²) >= 11 is 0. The molecule has 0 atom stereocenters. The van der Waals surface area contributed by atoms with Gasteiger partial charge in [0.15, 0.2) is 0 Å². The van der Waals surface area contributed by atoms with Gasteiger partial charge in [0.2, 0.25) is 0 Å². The van der Waals surface area contributed by atoms with Gasteiger partial charge in [-0.05, 0) is 53.1 Å². The minimum Gasteiger partial charge on any atom is -0.497 e. The number of hydrogen-bond acceptors (Lipinski definition) is 6. The maximum absolute atomic E-state index is 11.4. The van der Waals surface area contributed by atoms with Crippen molar-refractivity contribution in [2.24, 2.45) is 10.7 Å². The lowest BCUT2D eigenvalue weighted by Gasteiger charge is -2.08. The lowest BCUT2D eigenvalue weighted by Crippen LogP contribution is -2.02. The number of aliphatic imine (C=N–C) groups is 1. The summed E-state index contributed by atoms with van der Waals surface area (Å²) in [6.07, 6.45) is 6.54. The molecule has 3 rings (SSSR count). The highest BCUT2D eigenvalue weighted by Crippen LogP contribution is 2.30. The molecule has 0 aliphatic rings. The topological polar surface area (TPSA) is 104 Å². The summed E-state index contributed by atoms with van der Waals surface area (Å²) in [5, 5.41) is 11.4. The fourth-order valence-corrected chi connectivity index (χ4v) is 2.76. The molecule has 2 aromatic carbocycles. The van der Waals surface area contributed by atoms with Crippen molar-refractivity contribution in [2.45, 2.75) is 6.54 Å². The van der Waals surface area contributed by atoms with Crippen LogP contribution in [-0.2, 0) is 6.54 Å². The fourth-order valence-electron chi connectivity index (χ4n) is 2.76. The molecule has 146 valence electrons. The SMILES string of the molecule is COc1ccc(-c2ccc([N+](=O)[O-])c(/C(N)=C/C=NCc3cccnc3)c2)cc1. The summed E-state index contributed by atoms with van der Waals surface area (Å²) in [6.45, 7) is 0.450. The van der Waals surface area contributed by atoms with E-state index in [2.05, 4.69) is 9.98 Å². The van der Waals surface area contributed by atoms with Crippen LogP contribution in [0.5, 0.6) is 5.75 Å². The van der Waals surface area contributed by atoms with Crippen LogP contribution in [0.25, 0.3) is 16.8 Å². The smallest absolute Gasteiger partial charge is 0.278 e. The van der Waals surface area contributed by atoms with Gasteiger partial charge in [0.05, 0.1) is 24.1 Å². The van der Waals surface area contributed by atoms with E-state index in [1.165, 1.54) is 6.07 Å². The highest BCUT2D eigenvalue weighted by Gasteiger charge is 2.16. The second kappa shape index (κ2) is 9.27. The number of aromatic nitrogens is 1. The van der Waals surface area contributed by atoms with Crippen LogP contribution in [0, 0.1) is 10.1 Å². The molecule has 0 bridgehead atoms. The maximum atomic E-state index is 11.4. The molecule has 0 fully saturated rings. The van der Waals surface area contributed by atoms with Crippen molar-refractivity contribution in [3.63, 3.8) is 0 Å². The zero-order valence-corrected chi connectivity index (χ0v) is 15.9. The van der Waals surface area contributed by atoms with Crippen LogP contribution in [-0.4, -0.2) is 23.2 Å². The summed E-state index contributed by atoms with van der Waals surface area (Å²) in [5.74, 6) is 0.736. The molecule has 7 heteroatoms. The number of nitrogens with two attached hydrogens (primary N) is 1. The van der Waals surface area contributed by atoms with Crippen LogP contribution in [0.2, 0.25) is 0 Å². The Kier molecular flexibility index (Phi) is 6.32. The molecular formula is C22H20N4O3. The second-order valence-electron chi connectivity index (χ2n) is 6.19. The molecule has 1 aromatic heterocycles.